The molecule has 3 rings (SSSR count). The van der Waals surface area contributed by atoms with Crippen LogP contribution in [-0.4, -0.2) is 36.5 Å². The first-order chi connectivity index (χ1) is 11.6. The maximum atomic E-state index is 12.2. The lowest BCUT2D eigenvalue weighted by molar-refractivity contribution is -0.134. The van der Waals surface area contributed by atoms with E-state index in [4.69, 9.17) is 9.15 Å². The van der Waals surface area contributed by atoms with Gasteiger partial charge in [-0.15, -0.1) is 0 Å². The van der Waals surface area contributed by atoms with Crippen molar-refractivity contribution in [3.05, 3.63) is 65.6 Å². The van der Waals surface area contributed by atoms with Gasteiger partial charge in [-0.25, -0.2) is 4.79 Å². The Bertz CT molecular complexity index is 761. The van der Waals surface area contributed by atoms with Gasteiger partial charge in [-0.2, -0.15) is 0 Å². The molecule has 0 saturated carbocycles. The molecule has 2 aromatic rings. The fraction of sp³-hybridized carbons (Fsp3) is 0.263. The lowest BCUT2D eigenvalue weighted by atomic mass is 10.00. The minimum atomic E-state index is -0.535. The number of carbonyl (C=O) groups is 2. The fourth-order valence-corrected chi connectivity index (χ4v) is 2.70. The monoisotopic (exact) mass is 325 g/mol. The Labute approximate surface area is 140 Å². The normalized spacial score (nSPS) is 14.2. The molecule has 0 N–H and O–H groups in total. The zero-order chi connectivity index (χ0) is 16.9. The number of amides is 1. The van der Waals surface area contributed by atoms with E-state index in [9.17, 15) is 9.59 Å². The largest absolute Gasteiger partial charge is 0.469 e. The number of benzene rings is 1. The van der Waals surface area contributed by atoms with Crippen molar-refractivity contribution in [1.82, 2.24) is 4.90 Å². The van der Waals surface area contributed by atoms with Crippen molar-refractivity contribution in [1.29, 1.82) is 0 Å². The van der Waals surface area contributed by atoms with E-state index in [2.05, 4.69) is 18.2 Å². The molecular formula is C19H19NO4. The Morgan fingerprint density at radius 3 is 2.62 bits per heavy atom. The average Bonchev–Trinajstić information content (AvgIpc) is 3.06. The maximum absolute atomic E-state index is 12.2. The van der Waals surface area contributed by atoms with Crippen LogP contribution in [0, 0.1) is 6.92 Å². The first kappa shape index (κ1) is 16.1. The molecule has 0 radical (unpaired) electrons. The van der Waals surface area contributed by atoms with Crippen LogP contribution in [-0.2, 0) is 9.53 Å². The minimum Gasteiger partial charge on any atom is -0.469 e. The van der Waals surface area contributed by atoms with Crippen molar-refractivity contribution < 1.29 is 18.7 Å². The van der Waals surface area contributed by atoms with E-state index in [1.54, 1.807) is 11.8 Å². The summed E-state index contributed by atoms with van der Waals surface area (Å²) >= 11 is 0. The van der Waals surface area contributed by atoms with Gasteiger partial charge in [0.05, 0.1) is 6.26 Å². The molecule has 5 heteroatoms. The third-order valence-corrected chi connectivity index (χ3v) is 4.11. The van der Waals surface area contributed by atoms with Gasteiger partial charge in [0, 0.05) is 13.1 Å². The lowest BCUT2D eigenvalue weighted by Gasteiger charge is -2.26. The molecule has 0 atom stereocenters. The van der Waals surface area contributed by atoms with E-state index in [1.165, 1.54) is 23.5 Å². The van der Waals surface area contributed by atoms with Crippen molar-refractivity contribution in [3.8, 4) is 0 Å². The summed E-state index contributed by atoms with van der Waals surface area (Å²) in [6.07, 6.45) is 4.28. The van der Waals surface area contributed by atoms with Gasteiger partial charge in [0.2, 0.25) is 0 Å². The summed E-state index contributed by atoms with van der Waals surface area (Å²) < 4.78 is 10.1. The van der Waals surface area contributed by atoms with Crippen LogP contribution in [0.2, 0.25) is 0 Å². The van der Waals surface area contributed by atoms with Crippen LogP contribution in [0.3, 0.4) is 0 Å². The highest BCUT2D eigenvalue weighted by Gasteiger charge is 2.20. The second-order valence-corrected chi connectivity index (χ2v) is 5.65. The van der Waals surface area contributed by atoms with Crippen molar-refractivity contribution in [2.75, 3.05) is 19.7 Å². The van der Waals surface area contributed by atoms with Gasteiger partial charge < -0.3 is 14.1 Å². The standard InChI is InChI=1S/C19H19NO4/c1-14-17(9-12-23-14)19(22)24-13-18(21)20-10-7-16(8-11-20)15-5-3-2-4-6-15/h2-7,9,12H,8,10-11,13H2,1H3. The molecule has 2 heterocycles. The molecule has 0 spiro atoms. The highest BCUT2D eigenvalue weighted by molar-refractivity contribution is 5.92. The van der Waals surface area contributed by atoms with Gasteiger partial charge in [0.15, 0.2) is 6.61 Å². The van der Waals surface area contributed by atoms with Crippen molar-refractivity contribution in [2.24, 2.45) is 0 Å². The summed E-state index contributed by atoms with van der Waals surface area (Å²) in [5, 5.41) is 0. The molecule has 0 unspecified atom stereocenters. The topological polar surface area (TPSA) is 59.8 Å². The molecule has 24 heavy (non-hydrogen) atoms. The number of hydrogen-bond donors (Lipinski definition) is 0. The molecular weight excluding hydrogens is 306 g/mol. The number of esters is 1. The molecule has 0 saturated heterocycles. The minimum absolute atomic E-state index is 0.187. The molecule has 1 aliphatic heterocycles. The van der Waals surface area contributed by atoms with Gasteiger partial charge >= 0.3 is 5.97 Å². The Hall–Kier alpha value is -2.82. The van der Waals surface area contributed by atoms with Crippen LogP contribution in [0.5, 0.6) is 0 Å². The number of nitrogens with zero attached hydrogens (tertiary/aromatic N) is 1. The maximum Gasteiger partial charge on any atom is 0.342 e. The van der Waals surface area contributed by atoms with Gasteiger partial charge in [-0.1, -0.05) is 36.4 Å². The van der Waals surface area contributed by atoms with E-state index >= 15 is 0 Å². The molecule has 1 amide bonds. The number of ether oxygens (including phenoxy) is 1. The summed E-state index contributed by atoms with van der Waals surface area (Å²) in [6, 6.07) is 11.7. The predicted octanol–water partition coefficient (Wildman–Crippen LogP) is 3.06. The van der Waals surface area contributed by atoms with Crippen LogP contribution >= 0.6 is 0 Å². The number of carbonyl (C=O) groups excluding carboxylic acids is 2. The molecule has 1 aromatic carbocycles. The SMILES string of the molecule is Cc1occc1C(=O)OCC(=O)N1CC=C(c2ccccc2)CC1. The third kappa shape index (κ3) is 3.56. The average molecular weight is 325 g/mol. The molecule has 0 bridgehead atoms. The Morgan fingerprint density at radius 1 is 1.21 bits per heavy atom. The molecule has 5 nitrogen and oxygen atoms in total. The Balaban J connectivity index is 1.53. The van der Waals surface area contributed by atoms with Crippen LogP contribution in [0.1, 0.15) is 28.1 Å². The molecule has 1 aliphatic rings. The smallest absolute Gasteiger partial charge is 0.342 e. The first-order valence-electron chi connectivity index (χ1n) is 7.88. The second-order valence-electron chi connectivity index (χ2n) is 5.65. The first-order valence-corrected chi connectivity index (χ1v) is 7.88. The van der Waals surface area contributed by atoms with Crippen LogP contribution in [0.25, 0.3) is 5.57 Å². The van der Waals surface area contributed by atoms with Crippen molar-refractivity contribution >= 4 is 17.4 Å². The zero-order valence-corrected chi connectivity index (χ0v) is 13.5. The third-order valence-electron chi connectivity index (χ3n) is 4.11. The number of hydrogen-bond acceptors (Lipinski definition) is 4. The number of furan rings is 1. The van der Waals surface area contributed by atoms with Gasteiger partial charge in [0.25, 0.3) is 5.91 Å². The number of rotatable bonds is 4. The van der Waals surface area contributed by atoms with Crippen molar-refractivity contribution in [3.63, 3.8) is 0 Å². The Morgan fingerprint density at radius 2 is 2.00 bits per heavy atom. The van der Waals surface area contributed by atoms with Crippen LogP contribution < -0.4 is 0 Å². The van der Waals surface area contributed by atoms with E-state index in [1.807, 2.05) is 18.2 Å². The van der Waals surface area contributed by atoms with Gasteiger partial charge in [-0.3, -0.25) is 4.79 Å². The summed E-state index contributed by atoms with van der Waals surface area (Å²) in [5.41, 5.74) is 2.78. The number of aryl methyl sites for hydroxylation is 1. The molecule has 0 aliphatic carbocycles. The van der Waals surface area contributed by atoms with Gasteiger partial charge in [0.1, 0.15) is 11.3 Å². The summed E-state index contributed by atoms with van der Waals surface area (Å²) in [4.78, 5) is 25.8. The van der Waals surface area contributed by atoms with E-state index < -0.39 is 5.97 Å². The Kier molecular flexibility index (Phi) is 4.79. The van der Waals surface area contributed by atoms with E-state index in [-0.39, 0.29) is 12.5 Å². The molecule has 124 valence electrons. The predicted molar refractivity (Wildman–Crippen MR) is 89.3 cm³/mol. The summed E-state index contributed by atoms with van der Waals surface area (Å²) in [6.45, 7) is 2.59. The van der Waals surface area contributed by atoms with E-state index in [0.717, 1.165) is 6.42 Å². The van der Waals surface area contributed by atoms with Gasteiger partial charge in [-0.05, 0) is 30.5 Å². The summed E-state index contributed by atoms with van der Waals surface area (Å²) in [7, 11) is 0. The van der Waals surface area contributed by atoms with E-state index in [0.29, 0.717) is 24.4 Å². The summed E-state index contributed by atoms with van der Waals surface area (Å²) in [5.74, 6) is -0.235. The second kappa shape index (κ2) is 7.17. The van der Waals surface area contributed by atoms with Crippen LogP contribution in [0.15, 0.2) is 53.2 Å². The highest BCUT2D eigenvalue weighted by atomic mass is 16.5. The molecule has 0 fully saturated rings. The van der Waals surface area contributed by atoms with Crippen LogP contribution in [0.4, 0.5) is 0 Å². The molecule has 1 aromatic heterocycles. The fourth-order valence-electron chi connectivity index (χ4n) is 2.70. The lowest BCUT2D eigenvalue weighted by Crippen LogP contribution is -2.37. The highest BCUT2D eigenvalue weighted by Crippen LogP contribution is 2.22. The van der Waals surface area contributed by atoms with Crippen molar-refractivity contribution in [2.45, 2.75) is 13.3 Å². The quantitative estimate of drug-likeness (QED) is 0.811. The zero-order valence-electron chi connectivity index (χ0n) is 13.5.